The summed E-state index contributed by atoms with van der Waals surface area (Å²) in [7, 11) is 1.43. The quantitative estimate of drug-likeness (QED) is 0.374. The standard InChI is InChI=1S/C21H21ClN2O7/c1-11-19(30-21(25)13-7-17(28-2)18(8-13)31-24(26)27)16-10-29-20(15(16)9-23-11)12-3-5-14(22)6-4-12/h3-6,9,13,17-18,20H,7-8,10H2,1-2H3/t13?,17-,18-,20+/m1/s1. The molecule has 0 saturated heterocycles. The monoisotopic (exact) mass is 448 g/mol. The van der Waals surface area contributed by atoms with Crippen molar-refractivity contribution in [3.8, 4) is 5.75 Å². The summed E-state index contributed by atoms with van der Waals surface area (Å²) in [5.74, 6) is -0.712. The fourth-order valence-electron chi connectivity index (χ4n) is 4.14. The highest BCUT2D eigenvalue weighted by Gasteiger charge is 2.42. The van der Waals surface area contributed by atoms with Gasteiger partial charge in [0.15, 0.2) is 5.75 Å². The Morgan fingerprint density at radius 2 is 1.97 bits per heavy atom. The Morgan fingerprint density at radius 3 is 2.65 bits per heavy atom. The molecule has 0 radical (unpaired) electrons. The lowest BCUT2D eigenvalue weighted by Crippen LogP contribution is -2.27. The van der Waals surface area contributed by atoms with Crippen LogP contribution in [0.5, 0.6) is 5.75 Å². The molecule has 1 fully saturated rings. The second kappa shape index (κ2) is 8.78. The molecule has 4 rings (SSSR count). The highest BCUT2D eigenvalue weighted by atomic mass is 35.5. The summed E-state index contributed by atoms with van der Waals surface area (Å²) in [6.45, 7) is 2.02. The number of aromatic nitrogens is 1. The van der Waals surface area contributed by atoms with Crippen LogP contribution >= 0.6 is 11.6 Å². The first-order chi connectivity index (χ1) is 14.9. The maximum absolute atomic E-state index is 12.9. The molecule has 1 unspecified atom stereocenters. The van der Waals surface area contributed by atoms with Gasteiger partial charge in [0, 0.05) is 29.5 Å². The van der Waals surface area contributed by atoms with Crippen molar-refractivity contribution in [3.63, 3.8) is 0 Å². The van der Waals surface area contributed by atoms with Crippen molar-refractivity contribution in [2.75, 3.05) is 7.11 Å². The van der Waals surface area contributed by atoms with E-state index >= 15 is 0 Å². The Labute approximate surface area is 183 Å². The SMILES string of the molecule is CO[C@@H]1CC(C(=O)Oc2c(C)ncc3c2CO[C@H]3c2ccc(Cl)cc2)C[C@H]1O[N+](=O)[O-]. The van der Waals surface area contributed by atoms with Crippen LogP contribution < -0.4 is 4.74 Å². The van der Waals surface area contributed by atoms with Crippen LogP contribution in [-0.2, 0) is 25.7 Å². The third-order valence-electron chi connectivity index (χ3n) is 5.71. The molecule has 0 bridgehead atoms. The number of halogens is 1. The molecule has 2 aliphatic rings. The number of pyridine rings is 1. The minimum atomic E-state index is -0.864. The third-order valence-corrected chi connectivity index (χ3v) is 5.96. The molecule has 31 heavy (non-hydrogen) atoms. The number of carbonyl (C=O) groups excluding carboxylic acids is 1. The number of nitrogens with zero attached hydrogens (tertiary/aromatic N) is 2. The fourth-order valence-corrected chi connectivity index (χ4v) is 4.26. The van der Waals surface area contributed by atoms with E-state index in [-0.39, 0.29) is 25.6 Å². The zero-order valence-corrected chi connectivity index (χ0v) is 17.7. The molecule has 2 heterocycles. The summed E-state index contributed by atoms with van der Waals surface area (Å²) in [5, 5.41) is 10.5. The molecule has 1 aromatic heterocycles. The number of ether oxygens (including phenoxy) is 3. The van der Waals surface area contributed by atoms with E-state index < -0.39 is 29.2 Å². The van der Waals surface area contributed by atoms with Gasteiger partial charge in [-0.2, -0.15) is 0 Å². The molecule has 164 valence electrons. The van der Waals surface area contributed by atoms with Crippen molar-refractivity contribution < 1.29 is 28.9 Å². The van der Waals surface area contributed by atoms with Crippen molar-refractivity contribution in [2.45, 2.75) is 44.7 Å². The molecule has 1 saturated carbocycles. The Kier molecular flexibility index (Phi) is 6.08. The van der Waals surface area contributed by atoms with Gasteiger partial charge >= 0.3 is 5.97 Å². The van der Waals surface area contributed by atoms with E-state index in [0.717, 1.165) is 16.7 Å². The molecule has 4 atom stereocenters. The molecule has 2 aromatic rings. The summed E-state index contributed by atoms with van der Waals surface area (Å²) in [5.41, 5.74) is 3.07. The van der Waals surface area contributed by atoms with Crippen molar-refractivity contribution in [1.29, 1.82) is 0 Å². The number of hydrogen-bond acceptors (Lipinski definition) is 8. The maximum atomic E-state index is 12.9. The Balaban J connectivity index is 1.54. The van der Waals surface area contributed by atoms with E-state index in [1.54, 1.807) is 25.3 Å². The Morgan fingerprint density at radius 1 is 1.26 bits per heavy atom. The molecule has 1 aliphatic carbocycles. The van der Waals surface area contributed by atoms with Gasteiger partial charge in [-0.05, 0) is 37.5 Å². The van der Waals surface area contributed by atoms with E-state index in [9.17, 15) is 14.9 Å². The highest BCUT2D eigenvalue weighted by Crippen LogP contribution is 2.41. The van der Waals surface area contributed by atoms with Crippen LogP contribution in [-0.4, -0.2) is 35.4 Å². The van der Waals surface area contributed by atoms with E-state index in [4.69, 9.17) is 25.8 Å². The predicted octanol–water partition coefficient (Wildman–Crippen LogP) is 3.57. The van der Waals surface area contributed by atoms with Crippen LogP contribution in [0.2, 0.25) is 5.02 Å². The van der Waals surface area contributed by atoms with E-state index in [1.807, 2.05) is 12.1 Å². The molecule has 0 amide bonds. The molecule has 1 aromatic carbocycles. The first-order valence-electron chi connectivity index (χ1n) is 9.78. The molecule has 0 N–H and O–H groups in total. The average molecular weight is 449 g/mol. The normalized spacial score (nSPS) is 24.6. The van der Waals surface area contributed by atoms with Gasteiger partial charge in [-0.3, -0.25) is 9.78 Å². The maximum Gasteiger partial charge on any atom is 0.314 e. The first-order valence-corrected chi connectivity index (χ1v) is 10.2. The van der Waals surface area contributed by atoms with Gasteiger partial charge in [0.25, 0.3) is 5.09 Å². The van der Waals surface area contributed by atoms with E-state index in [1.165, 1.54) is 7.11 Å². The van der Waals surface area contributed by atoms with E-state index in [0.29, 0.717) is 16.5 Å². The van der Waals surface area contributed by atoms with Gasteiger partial charge in [-0.25, -0.2) is 0 Å². The van der Waals surface area contributed by atoms with Gasteiger partial charge in [-0.1, -0.05) is 23.7 Å². The number of fused-ring (bicyclic) bond motifs is 1. The second-order valence-electron chi connectivity index (χ2n) is 7.58. The summed E-state index contributed by atoms with van der Waals surface area (Å²) in [6, 6.07) is 7.34. The lowest BCUT2D eigenvalue weighted by atomic mass is 10.00. The first kappa shape index (κ1) is 21.5. The van der Waals surface area contributed by atoms with Crippen molar-refractivity contribution in [3.05, 3.63) is 68.0 Å². The number of methoxy groups -OCH3 is 1. The zero-order valence-electron chi connectivity index (χ0n) is 16.9. The number of rotatable bonds is 6. The minimum Gasteiger partial charge on any atom is -0.424 e. The largest absolute Gasteiger partial charge is 0.424 e. The summed E-state index contributed by atoms with van der Waals surface area (Å²) < 4.78 is 16.9. The van der Waals surface area contributed by atoms with Crippen LogP contribution in [0.1, 0.15) is 41.3 Å². The van der Waals surface area contributed by atoms with Gasteiger partial charge in [0.05, 0.1) is 24.3 Å². The Hall–Kier alpha value is -2.75. The van der Waals surface area contributed by atoms with Gasteiger partial charge < -0.3 is 19.0 Å². The summed E-state index contributed by atoms with van der Waals surface area (Å²) >= 11 is 5.98. The van der Waals surface area contributed by atoms with Crippen LogP contribution in [0.4, 0.5) is 0 Å². The number of hydrogen-bond donors (Lipinski definition) is 0. The highest BCUT2D eigenvalue weighted by molar-refractivity contribution is 6.30. The number of carbonyl (C=O) groups is 1. The smallest absolute Gasteiger partial charge is 0.314 e. The third kappa shape index (κ3) is 4.34. The fraction of sp³-hybridized carbons (Fsp3) is 0.429. The summed E-state index contributed by atoms with van der Waals surface area (Å²) in [4.78, 5) is 32.6. The predicted molar refractivity (Wildman–Crippen MR) is 108 cm³/mol. The van der Waals surface area contributed by atoms with Crippen molar-refractivity contribution in [1.82, 2.24) is 4.98 Å². The Bertz CT molecular complexity index is 998. The average Bonchev–Trinajstić information content (AvgIpc) is 3.34. The van der Waals surface area contributed by atoms with Crippen molar-refractivity contribution in [2.24, 2.45) is 5.92 Å². The van der Waals surface area contributed by atoms with Crippen LogP contribution in [0.25, 0.3) is 0 Å². The lowest BCUT2D eigenvalue weighted by Gasteiger charge is -2.15. The zero-order chi connectivity index (χ0) is 22.1. The number of aryl methyl sites for hydroxylation is 1. The topological polar surface area (TPSA) is 110 Å². The minimum absolute atomic E-state index is 0.143. The number of benzene rings is 1. The molecule has 0 spiro atoms. The summed E-state index contributed by atoms with van der Waals surface area (Å²) in [6.07, 6.45) is 0.450. The molecule has 1 aliphatic heterocycles. The molecule has 10 heteroatoms. The van der Waals surface area contributed by atoms with Gasteiger partial charge in [0.2, 0.25) is 0 Å². The molecular formula is C21H21ClN2O7. The van der Waals surface area contributed by atoms with Gasteiger partial charge in [-0.15, -0.1) is 10.1 Å². The van der Waals surface area contributed by atoms with E-state index in [2.05, 4.69) is 9.82 Å². The van der Waals surface area contributed by atoms with Crippen LogP contribution in [0, 0.1) is 23.0 Å². The van der Waals surface area contributed by atoms with Crippen LogP contribution in [0.15, 0.2) is 30.5 Å². The molecular weight excluding hydrogens is 428 g/mol. The second-order valence-corrected chi connectivity index (χ2v) is 8.02. The lowest BCUT2D eigenvalue weighted by molar-refractivity contribution is -0.770. The van der Waals surface area contributed by atoms with Crippen molar-refractivity contribution >= 4 is 17.6 Å². The van der Waals surface area contributed by atoms with Gasteiger partial charge in [0.1, 0.15) is 12.2 Å². The number of esters is 1. The molecule has 9 nitrogen and oxygen atoms in total. The van der Waals surface area contributed by atoms with Crippen LogP contribution in [0.3, 0.4) is 0 Å².